The third kappa shape index (κ3) is 3.40. The Morgan fingerprint density at radius 3 is 1.74 bits per heavy atom. The number of rotatable bonds is 2. The molecule has 1 heteroatoms. The van der Waals surface area contributed by atoms with Crippen LogP contribution in [-0.2, 0) is 5.41 Å². The second-order valence-electron chi connectivity index (χ2n) is 13.2. The molecule has 0 saturated carbocycles. The first kappa shape index (κ1) is 25.6. The molecule has 10 rings (SSSR count). The monoisotopic (exact) mass is 586 g/mol. The summed E-state index contributed by atoms with van der Waals surface area (Å²) in [6.07, 6.45) is 0. The summed E-state index contributed by atoms with van der Waals surface area (Å²) < 4.78 is 6.53. The Hall–Kier alpha value is -5.66. The fourth-order valence-electron chi connectivity index (χ4n) is 8.33. The summed E-state index contributed by atoms with van der Waals surface area (Å²) in [4.78, 5) is 0. The van der Waals surface area contributed by atoms with Gasteiger partial charge in [-0.05, 0) is 101 Å². The van der Waals surface area contributed by atoms with E-state index in [0.717, 1.165) is 16.6 Å². The lowest BCUT2D eigenvalue weighted by Gasteiger charge is -2.22. The highest BCUT2D eigenvalue weighted by Gasteiger charge is 2.35. The molecule has 46 heavy (non-hydrogen) atoms. The first-order valence-corrected chi connectivity index (χ1v) is 16.1. The molecule has 0 aliphatic heterocycles. The smallest absolute Gasteiger partial charge is 0.136 e. The van der Waals surface area contributed by atoms with Gasteiger partial charge in [0.05, 0.1) is 0 Å². The highest BCUT2D eigenvalue weighted by Crippen LogP contribution is 2.52. The van der Waals surface area contributed by atoms with Crippen molar-refractivity contribution < 1.29 is 4.42 Å². The Bertz CT molecular complexity index is 2660. The van der Waals surface area contributed by atoms with Gasteiger partial charge in [-0.25, -0.2) is 0 Å². The van der Waals surface area contributed by atoms with E-state index in [1.54, 1.807) is 0 Å². The molecule has 0 N–H and O–H groups in total. The molecular formula is C45H30O. The predicted octanol–water partition coefficient (Wildman–Crippen LogP) is 12.7. The predicted molar refractivity (Wildman–Crippen MR) is 195 cm³/mol. The average Bonchev–Trinajstić information content (AvgIpc) is 3.57. The molecule has 0 bridgehead atoms. The maximum Gasteiger partial charge on any atom is 0.136 e. The zero-order valence-electron chi connectivity index (χ0n) is 25.8. The van der Waals surface area contributed by atoms with Crippen LogP contribution in [0.3, 0.4) is 0 Å². The fourth-order valence-corrected chi connectivity index (χ4v) is 8.33. The van der Waals surface area contributed by atoms with Gasteiger partial charge >= 0.3 is 0 Å². The lowest BCUT2D eigenvalue weighted by atomic mass is 9.81. The minimum absolute atomic E-state index is 0.0180. The summed E-state index contributed by atoms with van der Waals surface area (Å²) in [5, 5.41) is 9.76. The molecule has 1 aliphatic rings. The maximum atomic E-state index is 6.53. The number of fused-ring (bicyclic) bond motifs is 9. The Morgan fingerprint density at radius 2 is 1.00 bits per heavy atom. The van der Waals surface area contributed by atoms with Gasteiger partial charge in [0.25, 0.3) is 0 Å². The zero-order chi connectivity index (χ0) is 30.6. The summed E-state index contributed by atoms with van der Waals surface area (Å²) in [5.41, 5.74) is 12.3. The maximum absolute atomic E-state index is 6.53. The van der Waals surface area contributed by atoms with Gasteiger partial charge in [-0.15, -0.1) is 0 Å². The van der Waals surface area contributed by atoms with Gasteiger partial charge in [-0.2, -0.15) is 0 Å². The van der Waals surface area contributed by atoms with E-state index in [1.165, 1.54) is 82.2 Å². The summed E-state index contributed by atoms with van der Waals surface area (Å²) in [5.74, 6) is 0. The molecular weight excluding hydrogens is 556 g/mol. The van der Waals surface area contributed by atoms with E-state index in [4.69, 9.17) is 4.42 Å². The third-order valence-corrected chi connectivity index (χ3v) is 10.4. The molecule has 216 valence electrons. The first-order chi connectivity index (χ1) is 22.6. The second kappa shape index (κ2) is 9.19. The van der Waals surface area contributed by atoms with Crippen molar-refractivity contribution >= 4 is 54.3 Å². The van der Waals surface area contributed by atoms with E-state index in [0.29, 0.717) is 0 Å². The van der Waals surface area contributed by atoms with Gasteiger partial charge in [0.15, 0.2) is 0 Å². The molecule has 1 aromatic heterocycles. The highest BCUT2D eigenvalue weighted by atomic mass is 16.3. The Morgan fingerprint density at radius 1 is 0.413 bits per heavy atom. The van der Waals surface area contributed by atoms with Crippen molar-refractivity contribution in [2.24, 2.45) is 0 Å². The van der Waals surface area contributed by atoms with Gasteiger partial charge < -0.3 is 4.42 Å². The first-order valence-electron chi connectivity index (χ1n) is 16.1. The van der Waals surface area contributed by atoms with Crippen LogP contribution >= 0.6 is 0 Å². The van der Waals surface area contributed by atoms with Gasteiger partial charge in [-0.3, -0.25) is 0 Å². The molecule has 8 aromatic carbocycles. The Kier molecular flexibility index (Phi) is 5.12. The molecule has 1 aliphatic carbocycles. The van der Waals surface area contributed by atoms with Crippen LogP contribution in [-0.4, -0.2) is 0 Å². The van der Waals surface area contributed by atoms with Crippen molar-refractivity contribution in [3.8, 4) is 33.4 Å². The van der Waals surface area contributed by atoms with Crippen molar-refractivity contribution in [1.82, 2.24) is 0 Å². The van der Waals surface area contributed by atoms with E-state index in [-0.39, 0.29) is 5.41 Å². The topological polar surface area (TPSA) is 13.1 Å². The molecule has 0 atom stereocenters. The van der Waals surface area contributed by atoms with Crippen molar-refractivity contribution in [3.63, 3.8) is 0 Å². The molecule has 0 unspecified atom stereocenters. The minimum atomic E-state index is -0.0180. The summed E-state index contributed by atoms with van der Waals surface area (Å²) in [6, 6.07) is 53.5. The fraction of sp³-hybridized carbons (Fsp3) is 0.0667. The SMILES string of the molecule is CC1(C)c2ccccc2-c2cc(-c3c4ccccc4c(-c4cccc5oc6cc7ccccc7cc6c45)c4ccccc34)ccc21. The third-order valence-electron chi connectivity index (χ3n) is 10.4. The lowest BCUT2D eigenvalue weighted by molar-refractivity contribution is 0.660. The molecule has 1 heterocycles. The van der Waals surface area contributed by atoms with Crippen molar-refractivity contribution in [3.05, 3.63) is 157 Å². The quantitative estimate of drug-likeness (QED) is 0.184. The lowest BCUT2D eigenvalue weighted by Crippen LogP contribution is -2.14. The molecule has 0 spiro atoms. The van der Waals surface area contributed by atoms with Gasteiger partial charge in [-0.1, -0.05) is 135 Å². The van der Waals surface area contributed by atoms with Crippen LogP contribution in [0.5, 0.6) is 0 Å². The second-order valence-corrected chi connectivity index (χ2v) is 13.2. The Labute approximate surface area is 267 Å². The number of hydrogen-bond donors (Lipinski definition) is 0. The molecule has 0 saturated heterocycles. The van der Waals surface area contributed by atoms with E-state index in [2.05, 4.69) is 159 Å². The van der Waals surface area contributed by atoms with Crippen LogP contribution < -0.4 is 0 Å². The van der Waals surface area contributed by atoms with Crippen LogP contribution in [0, 0.1) is 0 Å². The van der Waals surface area contributed by atoms with E-state index < -0.39 is 0 Å². The van der Waals surface area contributed by atoms with E-state index in [1.807, 2.05) is 0 Å². The minimum Gasteiger partial charge on any atom is -0.456 e. The van der Waals surface area contributed by atoms with Crippen LogP contribution in [0.25, 0.3) is 87.6 Å². The molecule has 9 aromatic rings. The van der Waals surface area contributed by atoms with Gasteiger partial charge in [0, 0.05) is 16.2 Å². The summed E-state index contributed by atoms with van der Waals surface area (Å²) in [6.45, 7) is 4.69. The van der Waals surface area contributed by atoms with Gasteiger partial charge in [0.2, 0.25) is 0 Å². The number of hydrogen-bond acceptors (Lipinski definition) is 1. The van der Waals surface area contributed by atoms with Crippen molar-refractivity contribution in [1.29, 1.82) is 0 Å². The Balaban J connectivity index is 1.30. The summed E-state index contributed by atoms with van der Waals surface area (Å²) >= 11 is 0. The van der Waals surface area contributed by atoms with Crippen LogP contribution in [0.15, 0.2) is 150 Å². The molecule has 0 amide bonds. The highest BCUT2D eigenvalue weighted by molar-refractivity contribution is 6.26. The summed E-state index contributed by atoms with van der Waals surface area (Å²) in [7, 11) is 0. The van der Waals surface area contributed by atoms with Crippen molar-refractivity contribution in [2.75, 3.05) is 0 Å². The number of furan rings is 1. The van der Waals surface area contributed by atoms with Crippen LogP contribution in [0.4, 0.5) is 0 Å². The van der Waals surface area contributed by atoms with Crippen molar-refractivity contribution in [2.45, 2.75) is 19.3 Å². The average molecular weight is 587 g/mol. The standard InChI is InChI=1S/C45H30O/c1-45(2)38-20-10-9-14-30(38)36-25-29(22-23-39(36)45)42-31-15-5-7-17-33(31)43(34-18-8-6-16-32(34)42)35-19-11-21-40-44(35)37-24-27-12-3-4-13-28(27)26-41(37)46-40/h3-26H,1-2H3. The number of benzene rings is 8. The molecule has 0 fully saturated rings. The largest absolute Gasteiger partial charge is 0.456 e. The van der Waals surface area contributed by atoms with Crippen LogP contribution in [0.1, 0.15) is 25.0 Å². The molecule has 0 radical (unpaired) electrons. The normalized spacial score (nSPS) is 13.6. The van der Waals surface area contributed by atoms with Gasteiger partial charge in [0.1, 0.15) is 11.2 Å². The van der Waals surface area contributed by atoms with E-state index >= 15 is 0 Å². The molecule has 1 nitrogen and oxygen atoms in total. The zero-order valence-corrected chi connectivity index (χ0v) is 25.8. The van der Waals surface area contributed by atoms with E-state index in [9.17, 15) is 0 Å². The van der Waals surface area contributed by atoms with Crippen LogP contribution in [0.2, 0.25) is 0 Å².